The van der Waals surface area contributed by atoms with Gasteiger partial charge in [-0.1, -0.05) is 0 Å². The van der Waals surface area contributed by atoms with E-state index in [0.29, 0.717) is 48.2 Å². The molecule has 0 aliphatic carbocycles. The monoisotopic (exact) mass is 383 g/mol. The molecule has 0 saturated carbocycles. The number of ether oxygens (including phenoxy) is 2. The van der Waals surface area contributed by atoms with Gasteiger partial charge in [0.2, 0.25) is 0 Å². The molecule has 3 rings (SSSR count). The highest BCUT2D eigenvalue weighted by atomic mass is 16.5. The Kier molecular flexibility index (Phi) is 6.47. The van der Waals surface area contributed by atoms with Gasteiger partial charge in [-0.3, -0.25) is 14.6 Å². The second-order valence-electron chi connectivity index (χ2n) is 6.75. The third-order valence-corrected chi connectivity index (χ3v) is 5.01. The highest BCUT2D eigenvalue weighted by Gasteiger charge is 2.24. The summed E-state index contributed by atoms with van der Waals surface area (Å²) in [5.74, 6) is 1.30. The zero-order chi connectivity index (χ0) is 19.9. The molecule has 0 spiro atoms. The Morgan fingerprint density at radius 3 is 2.61 bits per heavy atom. The molecule has 28 heavy (non-hydrogen) atoms. The number of likely N-dealkylation sites (tertiary alicyclic amines) is 1. The minimum Gasteiger partial charge on any atom is -0.497 e. The van der Waals surface area contributed by atoms with Gasteiger partial charge in [-0.05, 0) is 43.0 Å². The highest BCUT2D eigenvalue weighted by Crippen LogP contribution is 2.25. The molecule has 1 fully saturated rings. The average molecular weight is 383 g/mol. The molecule has 2 heterocycles. The number of carbonyl (C=O) groups is 2. The largest absolute Gasteiger partial charge is 0.497 e. The van der Waals surface area contributed by atoms with Crippen molar-refractivity contribution in [3.8, 4) is 11.5 Å². The van der Waals surface area contributed by atoms with E-state index in [1.807, 2.05) is 4.90 Å². The van der Waals surface area contributed by atoms with E-state index in [2.05, 4.69) is 10.3 Å². The van der Waals surface area contributed by atoms with Gasteiger partial charge in [-0.2, -0.15) is 0 Å². The number of hydrogen-bond acceptors (Lipinski definition) is 5. The van der Waals surface area contributed by atoms with E-state index in [1.165, 1.54) is 7.11 Å². The van der Waals surface area contributed by atoms with Crippen LogP contribution in [0.4, 0.5) is 0 Å². The number of benzene rings is 1. The van der Waals surface area contributed by atoms with E-state index in [9.17, 15) is 9.59 Å². The molecular weight excluding hydrogens is 358 g/mol. The van der Waals surface area contributed by atoms with Crippen molar-refractivity contribution in [1.29, 1.82) is 0 Å². The number of pyridine rings is 1. The lowest BCUT2D eigenvalue weighted by Crippen LogP contribution is -2.41. The van der Waals surface area contributed by atoms with Crippen molar-refractivity contribution in [2.24, 2.45) is 5.92 Å². The molecule has 0 bridgehead atoms. The fourth-order valence-corrected chi connectivity index (χ4v) is 3.33. The van der Waals surface area contributed by atoms with E-state index in [1.54, 1.807) is 49.8 Å². The molecule has 1 aromatic carbocycles. The summed E-state index contributed by atoms with van der Waals surface area (Å²) < 4.78 is 10.5. The molecule has 148 valence electrons. The van der Waals surface area contributed by atoms with Crippen molar-refractivity contribution in [3.05, 3.63) is 53.9 Å². The molecule has 7 nitrogen and oxygen atoms in total. The van der Waals surface area contributed by atoms with Crippen LogP contribution in [0.25, 0.3) is 0 Å². The third kappa shape index (κ3) is 4.60. The van der Waals surface area contributed by atoms with Crippen molar-refractivity contribution in [2.45, 2.75) is 12.8 Å². The molecule has 1 saturated heterocycles. The summed E-state index contributed by atoms with van der Waals surface area (Å²) >= 11 is 0. The Morgan fingerprint density at radius 1 is 1.18 bits per heavy atom. The summed E-state index contributed by atoms with van der Waals surface area (Å²) in [4.78, 5) is 30.8. The van der Waals surface area contributed by atoms with E-state index in [4.69, 9.17) is 9.47 Å². The number of aromatic nitrogens is 1. The summed E-state index contributed by atoms with van der Waals surface area (Å²) in [6, 6.07) is 8.67. The van der Waals surface area contributed by atoms with Crippen LogP contribution < -0.4 is 14.8 Å². The maximum atomic E-state index is 12.5. The van der Waals surface area contributed by atoms with Crippen LogP contribution in [0, 0.1) is 5.92 Å². The molecule has 0 atom stereocenters. The van der Waals surface area contributed by atoms with Crippen LogP contribution in [0.3, 0.4) is 0 Å². The maximum absolute atomic E-state index is 12.5. The second kappa shape index (κ2) is 9.21. The molecule has 2 aromatic rings. The first-order chi connectivity index (χ1) is 13.6. The lowest BCUT2D eigenvalue weighted by atomic mass is 9.96. The molecular formula is C21H25N3O4. The van der Waals surface area contributed by atoms with Crippen LogP contribution in [0.5, 0.6) is 11.5 Å². The van der Waals surface area contributed by atoms with Gasteiger partial charge in [0.25, 0.3) is 11.8 Å². The lowest BCUT2D eigenvalue weighted by molar-refractivity contribution is 0.0683. The minimum atomic E-state index is -0.173. The number of amides is 2. The lowest BCUT2D eigenvalue weighted by Gasteiger charge is -2.32. The van der Waals surface area contributed by atoms with Gasteiger partial charge >= 0.3 is 0 Å². The summed E-state index contributed by atoms with van der Waals surface area (Å²) in [5.41, 5.74) is 1.09. The van der Waals surface area contributed by atoms with Crippen LogP contribution >= 0.6 is 0 Å². The Morgan fingerprint density at radius 2 is 1.96 bits per heavy atom. The third-order valence-electron chi connectivity index (χ3n) is 5.01. The first-order valence-corrected chi connectivity index (χ1v) is 9.32. The van der Waals surface area contributed by atoms with Gasteiger partial charge in [0.1, 0.15) is 11.5 Å². The van der Waals surface area contributed by atoms with Gasteiger partial charge < -0.3 is 19.7 Å². The van der Waals surface area contributed by atoms with Crippen molar-refractivity contribution < 1.29 is 19.1 Å². The normalized spacial score (nSPS) is 14.4. The molecule has 1 aliphatic heterocycles. The molecule has 2 amide bonds. The number of nitrogens with zero attached hydrogens (tertiary/aromatic N) is 2. The standard InChI is InChI=1S/C21H25N3O4/c1-27-17-5-6-18(19(12-17)28-2)20(25)23-13-15-7-10-24(11-8-15)21(26)16-4-3-9-22-14-16/h3-6,9,12,14-15H,7-8,10-11,13H2,1-2H3,(H,23,25). The van der Waals surface area contributed by atoms with Gasteiger partial charge in [-0.25, -0.2) is 0 Å². The smallest absolute Gasteiger partial charge is 0.255 e. The quantitative estimate of drug-likeness (QED) is 0.828. The summed E-state index contributed by atoms with van der Waals surface area (Å²) in [5, 5.41) is 2.98. The summed E-state index contributed by atoms with van der Waals surface area (Å²) in [6.07, 6.45) is 4.96. The van der Waals surface area contributed by atoms with Crippen molar-refractivity contribution in [2.75, 3.05) is 33.9 Å². The van der Waals surface area contributed by atoms with Crippen molar-refractivity contribution in [3.63, 3.8) is 0 Å². The second-order valence-corrected chi connectivity index (χ2v) is 6.75. The summed E-state index contributed by atoms with van der Waals surface area (Å²) in [7, 11) is 3.10. The minimum absolute atomic E-state index is 0.0126. The number of nitrogens with one attached hydrogen (secondary N) is 1. The highest BCUT2D eigenvalue weighted by molar-refractivity contribution is 5.97. The van der Waals surface area contributed by atoms with Crippen molar-refractivity contribution in [1.82, 2.24) is 15.2 Å². The zero-order valence-corrected chi connectivity index (χ0v) is 16.2. The van der Waals surface area contributed by atoms with Crippen LogP contribution in [0.2, 0.25) is 0 Å². The average Bonchev–Trinajstić information content (AvgIpc) is 2.77. The van der Waals surface area contributed by atoms with Crippen LogP contribution in [0.1, 0.15) is 33.6 Å². The Labute approximate surface area is 164 Å². The molecule has 1 N–H and O–H groups in total. The fourth-order valence-electron chi connectivity index (χ4n) is 3.33. The topological polar surface area (TPSA) is 80.8 Å². The number of rotatable bonds is 6. The molecule has 0 unspecified atom stereocenters. The van der Waals surface area contributed by atoms with Crippen LogP contribution in [0.15, 0.2) is 42.7 Å². The first kappa shape index (κ1) is 19.7. The number of methoxy groups -OCH3 is 2. The number of piperidine rings is 1. The fraction of sp³-hybridized carbons (Fsp3) is 0.381. The van der Waals surface area contributed by atoms with Crippen LogP contribution in [-0.4, -0.2) is 55.6 Å². The van der Waals surface area contributed by atoms with Gasteiger partial charge in [-0.15, -0.1) is 0 Å². The zero-order valence-electron chi connectivity index (χ0n) is 16.2. The molecule has 7 heteroatoms. The summed E-state index contributed by atoms with van der Waals surface area (Å²) in [6.45, 7) is 1.93. The first-order valence-electron chi connectivity index (χ1n) is 9.32. The van der Waals surface area contributed by atoms with E-state index >= 15 is 0 Å². The Bertz CT molecular complexity index is 818. The predicted octanol–water partition coefficient (Wildman–Crippen LogP) is 2.38. The molecule has 1 aromatic heterocycles. The maximum Gasteiger partial charge on any atom is 0.255 e. The number of carbonyl (C=O) groups excluding carboxylic acids is 2. The van der Waals surface area contributed by atoms with Gasteiger partial charge in [0.15, 0.2) is 0 Å². The van der Waals surface area contributed by atoms with Gasteiger partial charge in [0.05, 0.1) is 25.3 Å². The van der Waals surface area contributed by atoms with Gasteiger partial charge in [0, 0.05) is 38.1 Å². The molecule has 0 radical (unpaired) electrons. The Hall–Kier alpha value is -3.09. The van der Waals surface area contributed by atoms with E-state index in [-0.39, 0.29) is 11.8 Å². The van der Waals surface area contributed by atoms with Crippen molar-refractivity contribution >= 4 is 11.8 Å². The van der Waals surface area contributed by atoms with E-state index in [0.717, 1.165) is 12.8 Å². The predicted molar refractivity (Wildman–Crippen MR) is 105 cm³/mol. The number of hydrogen-bond donors (Lipinski definition) is 1. The van der Waals surface area contributed by atoms with Crippen LogP contribution in [-0.2, 0) is 0 Å². The molecule has 1 aliphatic rings. The van der Waals surface area contributed by atoms with E-state index < -0.39 is 0 Å². The Balaban J connectivity index is 1.50. The SMILES string of the molecule is COc1ccc(C(=O)NCC2CCN(C(=O)c3cccnc3)CC2)c(OC)c1.